The van der Waals surface area contributed by atoms with Crippen LogP contribution in [0.4, 0.5) is 9.18 Å². The lowest BCUT2D eigenvalue weighted by Gasteiger charge is -2.19. The van der Waals surface area contributed by atoms with Crippen LogP contribution >= 0.6 is 22.9 Å². The van der Waals surface area contributed by atoms with Crippen LogP contribution in [0.15, 0.2) is 4.21 Å². The predicted octanol–water partition coefficient (Wildman–Crippen LogP) is 2.47. The normalized spacial score (nSPS) is 12.3. The molecule has 120 valence electrons. The van der Waals surface area contributed by atoms with Gasteiger partial charge in [0.1, 0.15) is 10.9 Å². The fourth-order valence-corrected chi connectivity index (χ4v) is 4.57. The summed E-state index contributed by atoms with van der Waals surface area (Å²) in [6.45, 7) is 4.44. The van der Waals surface area contributed by atoms with Crippen LogP contribution in [0.2, 0.25) is 4.34 Å². The highest BCUT2D eigenvalue weighted by Crippen LogP contribution is 2.35. The van der Waals surface area contributed by atoms with Crippen molar-refractivity contribution in [2.45, 2.75) is 37.1 Å². The van der Waals surface area contributed by atoms with E-state index in [2.05, 4.69) is 14.8 Å². The highest BCUT2D eigenvalue weighted by Gasteiger charge is 2.30. The molecule has 0 aliphatic rings. The first-order chi connectivity index (χ1) is 9.48. The van der Waals surface area contributed by atoms with Gasteiger partial charge in [0.05, 0.1) is 5.56 Å². The maximum atomic E-state index is 14.2. The summed E-state index contributed by atoms with van der Waals surface area (Å²) in [5.41, 5.74) is -0.930. The molecule has 0 atom stereocenters. The lowest BCUT2D eigenvalue weighted by molar-refractivity contribution is 0.141. The van der Waals surface area contributed by atoms with E-state index in [1.807, 2.05) is 0 Å². The van der Waals surface area contributed by atoms with Crippen LogP contribution in [-0.2, 0) is 21.4 Å². The highest BCUT2D eigenvalue weighted by atomic mass is 35.5. The van der Waals surface area contributed by atoms with Gasteiger partial charge in [-0.15, -0.1) is 11.3 Å². The van der Waals surface area contributed by atoms with Gasteiger partial charge in [0.25, 0.3) is 10.0 Å². The monoisotopic (exact) mass is 358 g/mol. The average Bonchev–Trinajstić information content (AvgIpc) is 2.60. The third-order valence-electron chi connectivity index (χ3n) is 2.10. The lowest BCUT2D eigenvalue weighted by atomic mass is 10.1. The second-order valence-corrected chi connectivity index (χ2v) is 8.64. The van der Waals surface area contributed by atoms with E-state index in [1.54, 1.807) is 20.8 Å². The molecule has 0 unspecified atom stereocenters. The van der Waals surface area contributed by atoms with Crippen LogP contribution in [0.25, 0.3) is 0 Å². The van der Waals surface area contributed by atoms with Crippen LogP contribution in [0, 0.1) is 5.82 Å². The molecular formula is C11H16ClFN2O4S2. The number of rotatable bonds is 4. The zero-order chi connectivity index (χ0) is 16.4. The lowest BCUT2D eigenvalue weighted by Crippen LogP contribution is -2.40. The Kier molecular flexibility index (Phi) is 5.59. The van der Waals surface area contributed by atoms with Gasteiger partial charge in [-0.2, -0.15) is 0 Å². The molecule has 6 nitrogen and oxygen atoms in total. The molecule has 10 heteroatoms. The van der Waals surface area contributed by atoms with Gasteiger partial charge in [0.2, 0.25) is 0 Å². The number of sulfonamides is 1. The van der Waals surface area contributed by atoms with E-state index in [9.17, 15) is 17.6 Å². The Labute approximate surface area is 131 Å². The predicted molar refractivity (Wildman–Crippen MR) is 78.6 cm³/mol. The minimum atomic E-state index is -4.04. The molecule has 1 aromatic heterocycles. The van der Waals surface area contributed by atoms with Gasteiger partial charge in [-0.1, -0.05) is 11.6 Å². The Morgan fingerprint density at radius 2 is 2.00 bits per heavy atom. The summed E-state index contributed by atoms with van der Waals surface area (Å²) >= 11 is 6.40. The second-order valence-electron chi connectivity index (χ2n) is 5.14. The fraction of sp³-hybridized carbons (Fsp3) is 0.545. The quantitative estimate of drug-likeness (QED) is 0.865. The molecule has 0 aliphatic carbocycles. The van der Waals surface area contributed by atoms with Crippen molar-refractivity contribution in [1.29, 1.82) is 0 Å². The van der Waals surface area contributed by atoms with Crippen molar-refractivity contribution in [2.75, 3.05) is 7.05 Å². The average molecular weight is 359 g/mol. The van der Waals surface area contributed by atoms with Gasteiger partial charge in [-0.05, 0) is 20.8 Å². The van der Waals surface area contributed by atoms with Crippen molar-refractivity contribution in [3.63, 3.8) is 0 Å². The van der Waals surface area contributed by atoms with E-state index in [1.165, 1.54) is 7.05 Å². The Hall–Kier alpha value is -0.900. The Morgan fingerprint density at radius 1 is 1.43 bits per heavy atom. The smallest absolute Gasteiger partial charge is 0.407 e. The molecule has 21 heavy (non-hydrogen) atoms. The number of nitrogens with one attached hydrogen (secondary N) is 2. The topological polar surface area (TPSA) is 84.5 Å². The molecule has 1 rings (SSSR count). The van der Waals surface area contributed by atoms with Gasteiger partial charge in [0, 0.05) is 12.6 Å². The van der Waals surface area contributed by atoms with E-state index in [4.69, 9.17) is 11.6 Å². The van der Waals surface area contributed by atoms with Gasteiger partial charge >= 0.3 is 6.09 Å². The number of hydrogen-bond acceptors (Lipinski definition) is 5. The summed E-state index contributed by atoms with van der Waals surface area (Å²) in [6, 6.07) is 0. The highest BCUT2D eigenvalue weighted by molar-refractivity contribution is 7.91. The van der Waals surface area contributed by atoms with Crippen molar-refractivity contribution in [2.24, 2.45) is 0 Å². The van der Waals surface area contributed by atoms with Crippen LogP contribution < -0.4 is 10.0 Å². The molecular weight excluding hydrogens is 343 g/mol. The fourth-order valence-electron chi connectivity index (χ4n) is 1.35. The minimum Gasteiger partial charge on any atom is -0.444 e. The number of carbonyl (C=O) groups excluding carboxylic acids is 1. The van der Waals surface area contributed by atoms with E-state index in [0.29, 0.717) is 11.3 Å². The number of ether oxygens (including phenoxy) is 1. The third kappa shape index (κ3) is 4.80. The summed E-state index contributed by atoms with van der Waals surface area (Å²) in [5, 5.41) is 2.19. The number of carbonyl (C=O) groups is 1. The van der Waals surface area contributed by atoms with Crippen molar-refractivity contribution in [3.8, 4) is 0 Å². The Balaban J connectivity index is 3.10. The SMILES string of the molecule is CNC(=O)OCc1c(Cl)sc(S(=O)(=O)NC(C)(C)C)c1F. The van der Waals surface area contributed by atoms with Crippen LogP contribution in [-0.4, -0.2) is 27.1 Å². The van der Waals surface area contributed by atoms with Gasteiger partial charge in [-0.25, -0.2) is 22.3 Å². The van der Waals surface area contributed by atoms with Gasteiger partial charge < -0.3 is 10.1 Å². The van der Waals surface area contributed by atoms with Crippen molar-refractivity contribution in [1.82, 2.24) is 10.0 Å². The number of halogens is 2. The summed E-state index contributed by atoms with van der Waals surface area (Å²) in [5.74, 6) is -1.01. The number of amides is 1. The molecule has 2 N–H and O–H groups in total. The molecule has 1 amide bonds. The first kappa shape index (κ1) is 18.1. The standard InChI is InChI=1S/C11H16ClFN2O4S2/c1-11(2,3)15-21(17,18)9-7(13)6(8(12)20-9)5-19-10(16)14-4/h15H,5H2,1-4H3,(H,14,16). The zero-order valence-corrected chi connectivity index (χ0v) is 14.3. The maximum Gasteiger partial charge on any atom is 0.407 e. The first-order valence-corrected chi connectivity index (χ1v) is 8.51. The van der Waals surface area contributed by atoms with Crippen LogP contribution in [0.1, 0.15) is 26.3 Å². The van der Waals surface area contributed by atoms with Gasteiger partial charge in [-0.3, -0.25) is 0 Å². The minimum absolute atomic E-state index is 0.0781. The molecule has 0 spiro atoms. The van der Waals surface area contributed by atoms with Crippen molar-refractivity contribution in [3.05, 3.63) is 15.7 Å². The molecule has 1 aromatic rings. The molecule has 1 heterocycles. The van der Waals surface area contributed by atoms with E-state index in [-0.39, 0.29) is 9.90 Å². The Bertz CT molecular complexity index is 637. The molecule has 0 fully saturated rings. The van der Waals surface area contributed by atoms with Gasteiger partial charge in [0.15, 0.2) is 10.0 Å². The first-order valence-electron chi connectivity index (χ1n) is 5.83. The molecule has 0 aromatic carbocycles. The number of thiophene rings is 1. The van der Waals surface area contributed by atoms with E-state index in [0.717, 1.165) is 0 Å². The molecule has 0 radical (unpaired) electrons. The Morgan fingerprint density at radius 3 is 2.48 bits per heavy atom. The summed E-state index contributed by atoms with van der Waals surface area (Å²) < 4.78 is 44.8. The zero-order valence-electron chi connectivity index (χ0n) is 11.9. The molecule has 0 bridgehead atoms. The van der Waals surface area contributed by atoms with E-state index >= 15 is 0 Å². The third-order valence-corrected chi connectivity index (χ3v) is 5.81. The number of alkyl carbamates (subject to hydrolysis) is 1. The van der Waals surface area contributed by atoms with Crippen molar-refractivity contribution < 1.29 is 22.3 Å². The van der Waals surface area contributed by atoms with Crippen molar-refractivity contribution >= 4 is 39.1 Å². The van der Waals surface area contributed by atoms with E-state index < -0.39 is 38.3 Å². The largest absolute Gasteiger partial charge is 0.444 e. The van der Waals surface area contributed by atoms with Crippen LogP contribution in [0.3, 0.4) is 0 Å². The summed E-state index contributed by atoms with van der Waals surface area (Å²) in [6.07, 6.45) is -0.770. The molecule has 0 saturated carbocycles. The summed E-state index contributed by atoms with van der Waals surface area (Å²) in [4.78, 5) is 11.0. The summed E-state index contributed by atoms with van der Waals surface area (Å²) in [7, 11) is -2.70. The molecule has 0 aliphatic heterocycles. The second kappa shape index (κ2) is 6.47. The maximum absolute atomic E-state index is 14.2. The van der Waals surface area contributed by atoms with Crippen LogP contribution in [0.5, 0.6) is 0 Å². The number of hydrogen-bond donors (Lipinski definition) is 2. The molecule has 0 saturated heterocycles.